The Hall–Kier alpha value is -2.25. The predicted molar refractivity (Wildman–Crippen MR) is 128 cm³/mol. The topological polar surface area (TPSA) is 70.7 Å². The van der Waals surface area contributed by atoms with Gasteiger partial charge in [-0.15, -0.1) is 0 Å². The standard InChI is InChI=1S/C27H36FN3O3/c1-16-6-9-22(25(32)29-16)31-15-20-19(26(31)33)8-7-17(24(20)28)13-23-21(5-4-12-34-23)30-18-10-11-27(2,3)14-18/h7-8,18,21-23,30H,1,4-6,9-15H2,2-3H3,(H,29,32)/t18?,21-,22?,23+/m0/s1. The number of fused-ring (bicyclic) bond motifs is 1. The molecule has 2 amide bonds. The molecule has 7 heteroatoms. The molecule has 2 unspecified atom stereocenters. The SMILES string of the molecule is C=C1CCC(N2Cc3c(ccc(C[C@H]4OCCC[C@@H]4NC4CCC(C)(C)C4)c3F)C2=O)C(=O)N1. The summed E-state index contributed by atoms with van der Waals surface area (Å²) in [7, 11) is 0. The summed E-state index contributed by atoms with van der Waals surface area (Å²) in [5.74, 6) is -0.841. The molecule has 2 N–H and O–H groups in total. The van der Waals surface area contributed by atoms with Crippen molar-refractivity contribution in [1.29, 1.82) is 0 Å². The van der Waals surface area contributed by atoms with Crippen LogP contribution in [0.15, 0.2) is 24.4 Å². The van der Waals surface area contributed by atoms with Crippen LogP contribution in [0.3, 0.4) is 0 Å². The first-order chi connectivity index (χ1) is 16.2. The highest BCUT2D eigenvalue weighted by Crippen LogP contribution is 2.38. The molecule has 1 aromatic rings. The van der Waals surface area contributed by atoms with Gasteiger partial charge >= 0.3 is 0 Å². The summed E-state index contributed by atoms with van der Waals surface area (Å²) in [5.41, 5.74) is 2.38. The summed E-state index contributed by atoms with van der Waals surface area (Å²) in [6.07, 6.45) is 7.11. The second-order valence-electron chi connectivity index (χ2n) is 11.3. The number of hydrogen-bond acceptors (Lipinski definition) is 4. The Labute approximate surface area is 201 Å². The molecule has 1 aromatic carbocycles. The van der Waals surface area contributed by atoms with E-state index in [2.05, 4.69) is 31.1 Å². The molecule has 3 aliphatic heterocycles. The number of amides is 2. The minimum Gasteiger partial charge on any atom is -0.376 e. The van der Waals surface area contributed by atoms with Gasteiger partial charge < -0.3 is 20.3 Å². The van der Waals surface area contributed by atoms with Crippen molar-refractivity contribution in [2.45, 2.75) is 96.0 Å². The van der Waals surface area contributed by atoms with E-state index in [1.165, 1.54) is 17.7 Å². The molecule has 4 atom stereocenters. The lowest BCUT2D eigenvalue weighted by molar-refractivity contribution is -0.126. The number of hydrogen-bond donors (Lipinski definition) is 2. The highest BCUT2D eigenvalue weighted by Gasteiger charge is 2.40. The number of carbonyl (C=O) groups excluding carboxylic acids is 2. The summed E-state index contributed by atoms with van der Waals surface area (Å²) < 4.78 is 21.8. The number of benzene rings is 1. The first-order valence-corrected chi connectivity index (χ1v) is 12.7. The second kappa shape index (κ2) is 9.08. The third kappa shape index (κ3) is 4.52. The maximum atomic E-state index is 15.7. The largest absolute Gasteiger partial charge is 0.376 e. The Balaban J connectivity index is 1.30. The maximum Gasteiger partial charge on any atom is 0.255 e. The van der Waals surface area contributed by atoms with Crippen LogP contribution in [0.25, 0.3) is 0 Å². The van der Waals surface area contributed by atoms with Crippen molar-refractivity contribution in [2.24, 2.45) is 5.41 Å². The molecule has 6 nitrogen and oxygen atoms in total. The Morgan fingerprint density at radius 3 is 2.82 bits per heavy atom. The van der Waals surface area contributed by atoms with Crippen molar-refractivity contribution >= 4 is 11.8 Å². The number of allylic oxidation sites excluding steroid dienone is 1. The zero-order valence-electron chi connectivity index (χ0n) is 20.3. The first-order valence-electron chi connectivity index (χ1n) is 12.7. The fraction of sp³-hybridized carbons (Fsp3) is 0.630. The molecule has 2 saturated heterocycles. The van der Waals surface area contributed by atoms with Gasteiger partial charge in [-0.3, -0.25) is 9.59 Å². The monoisotopic (exact) mass is 469 g/mol. The van der Waals surface area contributed by atoms with E-state index in [1.807, 2.05) is 0 Å². The predicted octanol–water partition coefficient (Wildman–Crippen LogP) is 3.83. The van der Waals surface area contributed by atoms with E-state index in [9.17, 15) is 9.59 Å². The average molecular weight is 470 g/mol. The van der Waals surface area contributed by atoms with Gasteiger partial charge in [-0.1, -0.05) is 26.5 Å². The molecule has 0 bridgehead atoms. The van der Waals surface area contributed by atoms with E-state index in [-0.39, 0.29) is 36.3 Å². The highest BCUT2D eigenvalue weighted by atomic mass is 19.1. The van der Waals surface area contributed by atoms with Crippen LogP contribution in [0.4, 0.5) is 4.39 Å². The van der Waals surface area contributed by atoms with Gasteiger partial charge in [0.1, 0.15) is 11.9 Å². The molecule has 0 aromatic heterocycles. The first kappa shape index (κ1) is 23.5. The number of carbonyl (C=O) groups is 2. The molecular formula is C27H36FN3O3. The van der Waals surface area contributed by atoms with Gasteiger partial charge in [-0.2, -0.15) is 0 Å². The smallest absolute Gasteiger partial charge is 0.255 e. The lowest BCUT2D eigenvalue weighted by Gasteiger charge is -2.35. The fourth-order valence-corrected chi connectivity index (χ4v) is 6.22. The maximum absolute atomic E-state index is 15.7. The number of rotatable bonds is 5. The summed E-state index contributed by atoms with van der Waals surface area (Å²) in [4.78, 5) is 26.9. The molecule has 0 spiro atoms. The summed E-state index contributed by atoms with van der Waals surface area (Å²) in [6.45, 7) is 9.26. The van der Waals surface area contributed by atoms with Crippen molar-refractivity contribution in [3.8, 4) is 0 Å². The highest BCUT2D eigenvalue weighted by molar-refractivity contribution is 6.01. The Morgan fingerprint density at radius 1 is 1.26 bits per heavy atom. The van der Waals surface area contributed by atoms with Crippen LogP contribution >= 0.6 is 0 Å². The molecule has 3 fully saturated rings. The molecule has 5 rings (SSSR count). The van der Waals surface area contributed by atoms with Crippen molar-refractivity contribution in [2.75, 3.05) is 6.61 Å². The number of nitrogens with zero attached hydrogens (tertiary/aromatic N) is 1. The molecule has 4 aliphatic rings. The van der Waals surface area contributed by atoms with E-state index in [0.29, 0.717) is 59.7 Å². The van der Waals surface area contributed by atoms with Crippen molar-refractivity contribution < 1.29 is 18.7 Å². The second-order valence-corrected chi connectivity index (χ2v) is 11.3. The molecule has 34 heavy (non-hydrogen) atoms. The summed E-state index contributed by atoms with van der Waals surface area (Å²) in [6, 6.07) is 3.56. The lowest BCUT2D eigenvalue weighted by atomic mass is 9.91. The molecule has 184 valence electrons. The lowest BCUT2D eigenvalue weighted by Crippen LogP contribution is -2.49. The van der Waals surface area contributed by atoms with Gasteiger partial charge in [-0.25, -0.2) is 4.39 Å². The molecule has 0 radical (unpaired) electrons. The van der Waals surface area contributed by atoms with Crippen molar-refractivity contribution in [3.05, 3.63) is 46.9 Å². The fourth-order valence-electron chi connectivity index (χ4n) is 6.22. The summed E-state index contributed by atoms with van der Waals surface area (Å²) in [5, 5.41) is 6.55. The molecule has 1 aliphatic carbocycles. The van der Waals surface area contributed by atoms with Crippen LogP contribution in [0.1, 0.15) is 80.3 Å². The minimum atomic E-state index is -0.584. The van der Waals surface area contributed by atoms with Crippen LogP contribution in [0.2, 0.25) is 0 Å². The average Bonchev–Trinajstić information content (AvgIpc) is 3.30. The Morgan fingerprint density at radius 2 is 2.09 bits per heavy atom. The number of nitrogens with one attached hydrogen (secondary N) is 2. The third-order valence-corrected chi connectivity index (χ3v) is 8.12. The van der Waals surface area contributed by atoms with E-state index in [0.717, 1.165) is 19.3 Å². The molecular weight excluding hydrogens is 433 g/mol. The van der Waals surface area contributed by atoms with Crippen LogP contribution in [0, 0.1) is 11.2 Å². The van der Waals surface area contributed by atoms with Crippen molar-refractivity contribution in [1.82, 2.24) is 15.5 Å². The Kier molecular flexibility index (Phi) is 6.27. The van der Waals surface area contributed by atoms with Crippen molar-refractivity contribution in [3.63, 3.8) is 0 Å². The summed E-state index contributed by atoms with van der Waals surface area (Å²) >= 11 is 0. The number of piperidine rings is 1. The number of halogens is 1. The van der Waals surface area contributed by atoms with Gasteiger partial charge in [0.25, 0.3) is 5.91 Å². The van der Waals surface area contributed by atoms with Gasteiger partial charge in [0, 0.05) is 41.9 Å². The Bertz CT molecular complexity index is 1010. The molecule has 3 heterocycles. The van der Waals surface area contributed by atoms with Gasteiger partial charge in [0.05, 0.1) is 12.6 Å². The zero-order valence-corrected chi connectivity index (χ0v) is 20.3. The van der Waals surface area contributed by atoms with Crippen LogP contribution in [-0.4, -0.2) is 47.6 Å². The number of ether oxygens (including phenoxy) is 1. The minimum absolute atomic E-state index is 0.0895. The van der Waals surface area contributed by atoms with Gasteiger partial charge in [0.2, 0.25) is 5.91 Å². The van der Waals surface area contributed by atoms with Crippen LogP contribution < -0.4 is 10.6 Å². The quantitative estimate of drug-likeness (QED) is 0.688. The van der Waals surface area contributed by atoms with E-state index >= 15 is 4.39 Å². The van der Waals surface area contributed by atoms with E-state index < -0.39 is 6.04 Å². The van der Waals surface area contributed by atoms with E-state index in [1.54, 1.807) is 12.1 Å². The van der Waals surface area contributed by atoms with Gasteiger partial charge in [-0.05, 0) is 62.0 Å². The third-order valence-electron chi connectivity index (χ3n) is 8.12. The zero-order chi connectivity index (χ0) is 24.0. The molecule has 1 saturated carbocycles. The van der Waals surface area contributed by atoms with Gasteiger partial charge in [0.15, 0.2) is 0 Å². The van der Waals surface area contributed by atoms with Crippen LogP contribution in [-0.2, 0) is 22.5 Å². The van der Waals surface area contributed by atoms with Crippen LogP contribution in [0.5, 0.6) is 0 Å². The van der Waals surface area contributed by atoms with E-state index in [4.69, 9.17) is 4.74 Å². The normalized spacial score (nSPS) is 31.0.